The van der Waals surface area contributed by atoms with Gasteiger partial charge in [0.1, 0.15) is 12.0 Å². The third kappa shape index (κ3) is 4.05. The fourth-order valence-corrected chi connectivity index (χ4v) is 5.19. The quantitative estimate of drug-likeness (QED) is 0.456. The van der Waals surface area contributed by atoms with Gasteiger partial charge >= 0.3 is 0 Å². The van der Waals surface area contributed by atoms with Crippen LogP contribution in [0.1, 0.15) is 44.8 Å². The van der Waals surface area contributed by atoms with Crippen molar-refractivity contribution in [2.24, 2.45) is 5.92 Å². The van der Waals surface area contributed by atoms with Crippen molar-refractivity contribution in [3.63, 3.8) is 0 Å². The van der Waals surface area contributed by atoms with E-state index in [1.54, 1.807) is 35.8 Å². The first kappa shape index (κ1) is 21.7. The second kappa shape index (κ2) is 8.68. The van der Waals surface area contributed by atoms with Gasteiger partial charge in [0.05, 0.1) is 0 Å². The van der Waals surface area contributed by atoms with Crippen LogP contribution in [0.15, 0.2) is 42.5 Å². The van der Waals surface area contributed by atoms with Crippen LogP contribution in [0.3, 0.4) is 0 Å². The summed E-state index contributed by atoms with van der Waals surface area (Å²) in [4.78, 5) is 27.1. The average molecular weight is 453 g/mol. The number of nitrogens with zero attached hydrogens (tertiary/aromatic N) is 2. The maximum Gasteiger partial charge on any atom is 0.274 e. The molecular formula is C25H25F2N3O3. The zero-order chi connectivity index (χ0) is 23.1. The number of alkyl halides is 1. The summed E-state index contributed by atoms with van der Waals surface area (Å²) in [5.74, 6) is -1.20. The van der Waals surface area contributed by atoms with E-state index in [4.69, 9.17) is 5.21 Å². The molecule has 3 aromatic rings. The van der Waals surface area contributed by atoms with E-state index < -0.39 is 17.9 Å². The van der Waals surface area contributed by atoms with Crippen molar-refractivity contribution in [1.29, 1.82) is 0 Å². The fraction of sp³-hybridized carbons (Fsp3) is 0.360. The summed E-state index contributed by atoms with van der Waals surface area (Å²) in [6.07, 6.45) is 1.04. The molecule has 5 rings (SSSR count). The van der Waals surface area contributed by atoms with Crippen LogP contribution in [0, 0.1) is 11.7 Å². The Morgan fingerprint density at radius 3 is 2.64 bits per heavy atom. The molecule has 172 valence electrons. The lowest BCUT2D eigenvalue weighted by molar-refractivity contribution is 0.0706. The maximum absolute atomic E-state index is 14.2. The molecule has 0 bridgehead atoms. The van der Waals surface area contributed by atoms with Crippen LogP contribution in [0.4, 0.5) is 8.78 Å². The number of carbonyl (C=O) groups excluding carboxylic acids is 2. The molecule has 1 fully saturated rings. The Kier molecular flexibility index (Phi) is 5.72. The molecule has 6 nitrogen and oxygen atoms in total. The monoisotopic (exact) mass is 453 g/mol. The van der Waals surface area contributed by atoms with Gasteiger partial charge in [-0.25, -0.2) is 14.3 Å². The maximum atomic E-state index is 14.2. The van der Waals surface area contributed by atoms with E-state index >= 15 is 0 Å². The minimum absolute atomic E-state index is 0.00266. The largest absolute Gasteiger partial charge is 0.339 e. The molecule has 1 aliphatic heterocycles. The van der Waals surface area contributed by atoms with Gasteiger partial charge in [-0.3, -0.25) is 19.7 Å². The Hall–Kier alpha value is -3.10. The molecule has 1 aliphatic carbocycles. The molecule has 2 aliphatic rings. The number of rotatable bonds is 5. The summed E-state index contributed by atoms with van der Waals surface area (Å²) < 4.78 is 29.8. The van der Waals surface area contributed by atoms with Crippen LogP contribution in [-0.2, 0) is 13.0 Å². The number of Topliss-reactive ketones (excluding diaryl/α,β-unsaturated/α-hetero) is 1. The Balaban J connectivity index is 1.49. The SMILES string of the molecule is O=C(NO)c1ccc(Cn2c3c(c4cc(F)ccc42)C(=O)C(CN2CC[C@@H](F)C2)CC3)cc1. The lowest BCUT2D eigenvalue weighted by Gasteiger charge is -2.26. The van der Waals surface area contributed by atoms with Crippen molar-refractivity contribution in [2.75, 3.05) is 19.6 Å². The van der Waals surface area contributed by atoms with Gasteiger partial charge in [-0.2, -0.15) is 0 Å². The van der Waals surface area contributed by atoms with Crippen LogP contribution in [0.5, 0.6) is 0 Å². The molecule has 2 heterocycles. The van der Waals surface area contributed by atoms with Gasteiger partial charge in [0.15, 0.2) is 5.78 Å². The first-order valence-electron chi connectivity index (χ1n) is 11.2. The predicted octanol–water partition coefficient (Wildman–Crippen LogP) is 3.74. The second-order valence-electron chi connectivity index (χ2n) is 8.95. The molecule has 1 saturated heterocycles. The van der Waals surface area contributed by atoms with E-state index in [1.165, 1.54) is 12.1 Å². The van der Waals surface area contributed by atoms with Gasteiger partial charge in [-0.15, -0.1) is 0 Å². The van der Waals surface area contributed by atoms with Crippen molar-refractivity contribution in [3.8, 4) is 0 Å². The molecule has 33 heavy (non-hydrogen) atoms. The number of aromatic nitrogens is 1. The molecule has 8 heteroatoms. The standard InChI is InChI=1S/C25H25F2N3O3/c26-18-6-8-21-20(11-18)23-22(7-5-17(24(23)31)13-29-10-9-19(27)14-29)30(21)12-15-1-3-16(4-2-15)25(32)28-33/h1-4,6,8,11,17,19,33H,5,7,9-10,12-14H2,(H,28,32)/t17?,19-/m1/s1. The lowest BCUT2D eigenvalue weighted by atomic mass is 9.84. The smallest absolute Gasteiger partial charge is 0.274 e. The highest BCUT2D eigenvalue weighted by Gasteiger charge is 2.35. The zero-order valence-corrected chi connectivity index (χ0v) is 18.1. The van der Waals surface area contributed by atoms with Crippen LogP contribution in [0.25, 0.3) is 10.9 Å². The van der Waals surface area contributed by atoms with Crippen molar-refractivity contribution in [1.82, 2.24) is 14.9 Å². The van der Waals surface area contributed by atoms with Crippen LogP contribution in [0.2, 0.25) is 0 Å². The number of likely N-dealkylation sites (tertiary alicyclic amines) is 1. The van der Waals surface area contributed by atoms with E-state index in [-0.39, 0.29) is 11.7 Å². The normalized spacial score (nSPS) is 20.9. The Morgan fingerprint density at radius 2 is 1.94 bits per heavy atom. The number of hydrogen-bond donors (Lipinski definition) is 2. The topological polar surface area (TPSA) is 74.6 Å². The minimum atomic E-state index is -0.829. The van der Waals surface area contributed by atoms with E-state index in [9.17, 15) is 18.4 Å². The summed E-state index contributed by atoms with van der Waals surface area (Å²) in [5, 5.41) is 9.41. The molecular weight excluding hydrogens is 428 g/mol. The molecule has 0 radical (unpaired) electrons. The third-order valence-corrected chi connectivity index (χ3v) is 6.83. The number of benzene rings is 2. The van der Waals surface area contributed by atoms with Crippen molar-refractivity contribution in [3.05, 3.63) is 70.7 Å². The fourth-order valence-electron chi connectivity index (χ4n) is 5.19. The summed E-state index contributed by atoms with van der Waals surface area (Å²) in [5.41, 5.74) is 5.11. The molecule has 2 N–H and O–H groups in total. The second-order valence-corrected chi connectivity index (χ2v) is 8.95. The van der Waals surface area contributed by atoms with E-state index in [0.29, 0.717) is 62.0 Å². The minimum Gasteiger partial charge on any atom is -0.339 e. The van der Waals surface area contributed by atoms with E-state index in [2.05, 4.69) is 0 Å². The van der Waals surface area contributed by atoms with Crippen molar-refractivity contribution < 1.29 is 23.6 Å². The Labute approximate surface area is 189 Å². The number of hydroxylamine groups is 1. The Bertz CT molecular complexity index is 1220. The number of halogens is 2. The summed E-state index contributed by atoms with van der Waals surface area (Å²) in [6.45, 7) is 2.04. The highest BCUT2D eigenvalue weighted by molar-refractivity contribution is 6.11. The number of amides is 1. The van der Waals surface area contributed by atoms with Gasteiger partial charge < -0.3 is 4.57 Å². The predicted molar refractivity (Wildman–Crippen MR) is 119 cm³/mol. The molecule has 1 aromatic heterocycles. The van der Waals surface area contributed by atoms with Gasteiger partial charge in [0.2, 0.25) is 0 Å². The average Bonchev–Trinajstić information content (AvgIpc) is 3.36. The summed E-state index contributed by atoms with van der Waals surface area (Å²) in [7, 11) is 0. The van der Waals surface area contributed by atoms with Crippen molar-refractivity contribution >= 4 is 22.6 Å². The molecule has 0 saturated carbocycles. The lowest BCUT2D eigenvalue weighted by Crippen LogP contribution is -2.35. The zero-order valence-electron chi connectivity index (χ0n) is 18.1. The van der Waals surface area contributed by atoms with Crippen molar-refractivity contribution in [2.45, 2.75) is 32.0 Å². The van der Waals surface area contributed by atoms with Crippen LogP contribution < -0.4 is 5.48 Å². The van der Waals surface area contributed by atoms with Crippen LogP contribution >= 0.6 is 0 Å². The molecule has 2 aromatic carbocycles. The summed E-state index contributed by atoms with van der Waals surface area (Å²) >= 11 is 0. The van der Waals surface area contributed by atoms with Gasteiger partial charge in [-0.05, 0) is 55.2 Å². The first-order valence-corrected chi connectivity index (χ1v) is 11.2. The number of hydrogen-bond acceptors (Lipinski definition) is 4. The number of ketones is 1. The highest BCUT2D eigenvalue weighted by atomic mass is 19.1. The molecule has 1 amide bonds. The first-order chi connectivity index (χ1) is 15.9. The van der Waals surface area contributed by atoms with Gasteiger partial charge in [-0.1, -0.05) is 12.1 Å². The van der Waals surface area contributed by atoms with Gasteiger partial charge in [0.25, 0.3) is 5.91 Å². The molecule has 1 unspecified atom stereocenters. The number of fused-ring (bicyclic) bond motifs is 3. The molecule has 0 spiro atoms. The number of carbonyl (C=O) groups is 2. The third-order valence-electron chi connectivity index (χ3n) is 6.83. The summed E-state index contributed by atoms with van der Waals surface area (Å²) in [6, 6.07) is 11.3. The van der Waals surface area contributed by atoms with Gasteiger partial charge in [0, 0.05) is 59.8 Å². The Morgan fingerprint density at radius 1 is 1.15 bits per heavy atom. The number of nitrogens with one attached hydrogen (secondary N) is 1. The van der Waals surface area contributed by atoms with Crippen LogP contribution in [-0.4, -0.2) is 52.2 Å². The van der Waals surface area contributed by atoms with E-state index in [1.807, 2.05) is 9.47 Å². The highest BCUT2D eigenvalue weighted by Crippen LogP contribution is 2.36. The molecule has 2 atom stereocenters. The van der Waals surface area contributed by atoms with E-state index in [0.717, 1.165) is 16.8 Å².